The molecular weight excluding hydrogens is 226 g/mol. The summed E-state index contributed by atoms with van der Waals surface area (Å²) in [7, 11) is 0.822. The summed E-state index contributed by atoms with van der Waals surface area (Å²) in [6, 6.07) is 0. The third-order valence-corrected chi connectivity index (χ3v) is 4.54. The van der Waals surface area contributed by atoms with Gasteiger partial charge in [0.2, 0.25) is 10.0 Å². The van der Waals surface area contributed by atoms with Gasteiger partial charge < -0.3 is 10.2 Å². The van der Waals surface area contributed by atoms with Crippen LogP contribution in [0.2, 0.25) is 0 Å². The van der Waals surface area contributed by atoms with Gasteiger partial charge in [0.15, 0.2) is 0 Å². The van der Waals surface area contributed by atoms with Crippen molar-refractivity contribution in [1.82, 2.24) is 14.5 Å². The SMILES string of the molecule is CN(C)CCN1CC(C)(C)NCCS1(=O)=O. The summed E-state index contributed by atoms with van der Waals surface area (Å²) < 4.78 is 25.5. The van der Waals surface area contributed by atoms with Crippen molar-refractivity contribution in [1.29, 1.82) is 0 Å². The number of sulfonamides is 1. The summed E-state index contributed by atoms with van der Waals surface area (Å²) in [5.41, 5.74) is -0.143. The number of likely N-dealkylation sites (N-methyl/N-ethyl adjacent to an activating group) is 1. The molecule has 1 aliphatic heterocycles. The molecule has 0 bridgehead atoms. The zero-order valence-corrected chi connectivity index (χ0v) is 11.5. The van der Waals surface area contributed by atoms with Crippen molar-refractivity contribution in [3.63, 3.8) is 0 Å². The van der Waals surface area contributed by atoms with Crippen LogP contribution in [0.3, 0.4) is 0 Å². The first-order valence-corrected chi connectivity index (χ1v) is 7.21. The highest BCUT2D eigenvalue weighted by molar-refractivity contribution is 7.89. The third kappa shape index (κ3) is 4.01. The molecular formula is C10H23N3O2S. The molecule has 0 aromatic rings. The van der Waals surface area contributed by atoms with Crippen LogP contribution in [0.1, 0.15) is 13.8 Å². The maximum Gasteiger partial charge on any atom is 0.215 e. The van der Waals surface area contributed by atoms with Crippen molar-refractivity contribution in [2.45, 2.75) is 19.4 Å². The number of hydrogen-bond donors (Lipinski definition) is 1. The number of nitrogens with one attached hydrogen (secondary N) is 1. The van der Waals surface area contributed by atoms with Crippen LogP contribution in [0.25, 0.3) is 0 Å². The van der Waals surface area contributed by atoms with Crippen LogP contribution in [0.15, 0.2) is 0 Å². The Bertz CT molecular complexity index is 325. The van der Waals surface area contributed by atoms with Gasteiger partial charge in [0.1, 0.15) is 0 Å². The predicted octanol–water partition coefficient (Wildman–Crippen LogP) is -0.438. The van der Waals surface area contributed by atoms with Crippen molar-refractivity contribution >= 4 is 10.0 Å². The Morgan fingerprint density at radius 2 is 2.00 bits per heavy atom. The van der Waals surface area contributed by atoms with Crippen LogP contribution in [0.4, 0.5) is 0 Å². The lowest BCUT2D eigenvalue weighted by Gasteiger charge is -2.29. The first kappa shape index (κ1) is 13.9. The van der Waals surface area contributed by atoms with Crippen molar-refractivity contribution < 1.29 is 8.42 Å². The van der Waals surface area contributed by atoms with Crippen molar-refractivity contribution in [2.75, 3.05) is 46.0 Å². The molecule has 0 aromatic carbocycles. The molecule has 0 saturated carbocycles. The topological polar surface area (TPSA) is 52.6 Å². The van der Waals surface area contributed by atoms with Crippen LogP contribution in [-0.4, -0.2) is 69.2 Å². The zero-order chi connectivity index (χ0) is 12.4. The monoisotopic (exact) mass is 249 g/mol. The molecule has 0 aromatic heterocycles. The molecule has 0 unspecified atom stereocenters. The summed E-state index contributed by atoms with van der Waals surface area (Å²) in [4.78, 5) is 2.00. The van der Waals surface area contributed by atoms with Crippen molar-refractivity contribution in [3.05, 3.63) is 0 Å². The Hall–Kier alpha value is -0.170. The van der Waals surface area contributed by atoms with Gasteiger partial charge in [-0.15, -0.1) is 0 Å². The molecule has 96 valence electrons. The average molecular weight is 249 g/mol. The minimum Gasteiger partial charge on any atom is -0.309 e. The molecule has 0 spiro atoms. The standard InChI is InChI=1S/C10H23N3O2S/c1-10(2)9-13(7-6-12(3)4)16(14,15)8-5-11-10/h11H,5-9H2,1-4H3. The van der Waals surface area contributed by atoms with Gasteiger partial charge in [-0.1, -0.05) is 0 Å². The summed E-state index contributed by atoms with van der Waals surface area (Å²) in [5, 5.41) is 3.26. The van der Waals surface area contributed by atoms with E-state index in [1.54, 1.807) is 4.31 Å². The molecule has 0 radical (unpaired) electrons. The van der Waals surface area contributed by atoms with Gasteiger partial charge in [0.05, 0.1) is 5.75 Å². The molecule has 6 heteroatoms. The fourth-order valence-electron chi connectivity index (χ4n) is 1.77. The minimum atomic E-state index is -3.08. The summed E-state index contributed by atoms with van der Waals surface area (Å²) >= 11 is 0. The van der Waals surface area contributed by atoms with Gasteiger partial charge in [0, 0.05) is 31.7 Å². The van der Waals surface area contributed by atoms with E-state index in [4.69, 9.17) is 0 Å². The molecule has 1 N–H and O–H groups in total. The van der Waals surface area contributed by atoms with Gasteiger partial charge in [-0.3, -0.25) is 0 Å². The second-order valence-corrected chi connectivity index (χ2v) is 7.35. The fraction of sp³-hybridized carbons (Fsp3) is 1.00. The molecule has 1 heterocycles. The van der Waals surface area contributed by atoms with Crippen LogP contribution in [0.5, 0.6) is 0 Å². The second kappa shape index (κ2) is 5.00. The Kier molecular flexibility index (Phi) is 4.34. The maximum atomic E-state index is 12.0. The molecule has 1 rings (SSSR count). The van der Waals surface area contributed by atoms with E-state index in [0.717, 1.165) is 6.54 Å². The third-order valence-electron chi connectivity index (χ3n) is 2.73. The summed E-state index contributed by atoms with van der Waals surface area (Å²) in [6.45, 7) is 6.49. The van der Waals surface area contributed by atoms with E-state index >= 15 is 0 Å². The molecule has 16 heavy (non-hydrogen) atoms. The van der Waals surface area contributed by atoms with E-state index in [-0.39, 0.29) is 11.3 Å². The van der Waals surface area contributed by atoms with Gasteiger partial charge in [0.25, 0.3) is 0 Å². The van der Waals surface area contributed by atoms with E-state index in [9.17, 15) is 8.42 Å². The summed E-state index contributed by atoms with van der Waals surface area (Å²) in [6.07, 6.45) is 0. The van der Waals surface area contributed by atoms with Gasteiger partial charge in [-0.05, 0) is 27.9 Å². The number of rotatable bonds is 3. The predicted molar refractivity (Wildman–Crippen MR) is 66.0 cm³/mol. The number of hydrogen-bond acceptors (Lipinski definition) is 4. The Morgan fingerprint density at radius 1 is 1.38 bits per heavy atom. The van der Waals surface area contributed by atoms with Crippen molar-refractivity contribution in [3.8, 4) is 0 Å². The van der Waals surface area contributed by atoms with E-state index < -0.39 is 10.0 Å². The quantitative estimate of drug-likeness (QED) is 0.737. The van der Waals surface area contributed by atoms with E-state index in [0.29, 0.717) is 19.6 Å². The lowest BCUT2D eigenvalue weighted by atomic mass is 10.1. The highest BCUT2D eigenvalue weighted by atomic mass is 32.2. The molecule has 0 atom stereocenters. The zero-order valence-electron chi connectivity index (χ0n) is 10.7. The highest BCUT2D eigenvalue weighted by Crippen LogP contribution is 2.13. The first-order chi connectivity index (χ1) is 7.23. The Labute approximate surface area is 98.8 Å². The van der Waals surface area contributed by atoms with Crippen molar-refractivity contribution in [2.24, 2.45) is 0 Å². The fourth-order valence-corrected chi connectivity index (χ4v) is 3.27. The Balaban J connectivity index is 2.74. The lowest BCUT2D eigenvalue weighted by Crippen LogP contribution is -2.48. The van der Waals surface area contributed by atoms with Crippen LogP contribution >= 0.6 is 0 Å². The smallest absolute Gasteiger partial charge is 0.215 e. The molecule has 1 saturated heterocycles. The largest absolute Gasteiger partial charge is 0.309 e. The molecule has 0 aliphatic carbocycles. The molecule has 1 fully saturated rings. The van der Waals surface area contributed by atoms with Crippen LogP contribution in [0, 0.1) is 0 Å². The Morgan fingerprint density at radius 3 is 2.56 bits per heavy atom. The van der Waals surface area contributed by atoms with Crippen LogP contribution in [-0.2, 0) is 10.0 Å². The summed E-state index contributed by atoms with van der Waals surface area (Å²) in [5.74, 6) is 0.198. The van der Waals surface area contributed by atoms with Crippen LogP contribution < -0.4 is 5.32 Å². The van der Waals surface area contributed by atoms with Gasteiger partial charge >= 0.3 is 0 Å². The van der Waals surface area contributed by atoms with Gasteiger partial charge in [-0.25, -0.2) is 8.42 Å². The molecule has 0 amide bonds. The second-order valence-electron chi connectivity index (χ2n) is 5.26. The average Bonchev–Trinajstić information content (AvgIpc) is 2.19. The highest BCUT2D eigenvalue weighted by Gasteiger charge is 2.32. The lowest BCUT2D eigenvalue weighted by molar-refractivity contribution is 0.278. The van der Waals surface area contributed by atoms with E-state index in [2.05, 4.69) is 5.32 Å². The van der Waals surface area contributed by atoms with Gasteiger partial charge in [-0.2, -0.15) is 4.31 Å². The molecule has 5 nitrogen and oxygen atoms in total. The normalized spacial score (nSPS) is 25.6. The first-order valence-electron chi connectivity index (χ1n) is 5.60. The minimum absolute atomic E-state index is 0.143. The number of nitrogens with zero attached hydrogens (tertiary/aromatic N) is 2. The van der Waals surface area contributed by atoms with E-state index in [1.807, 2.05) is 32.8 Å². The molecule has 1 aliphatic rings. The van der Waals surface area contributed by atoms with E-state index in [1.165, 1.54) is 0 Å². The maximum absolute atomic E-state index is 12.0.